The van der Waals surface area contributed by atoms with Crippen LogP contribution in [0, 0.1) is 11.3 Å². The summed E-state index contributed by atoms with van der Waals surface area (Å²) >= 11 is 6.24. The number of hydrogen-bond acceptors (Lipinski definition) is 5. The number of nitrogens with zero attached hydrogens (tertiary/aromatic N) is 2. The first kappa shape index (κ1) is 25.5. The Bertz CT molecular complexity index is 1490. The van der Waals surface area contributed by atoms with Gasteiger partial charge in [0, 0.05) is 34.1 Å². The number of carbonyl (C=O) groups is 2. The maximum atomic E-state index is 13.6. The SMILES string of the molecule is C=C/C(Cl)=C(\C=C)CCC1=C(C(=O)OCc2cccc(C#N)c2)C(c2c[nH]c3ncccc23)NC(=O)N1. The Morgan fingerprint density at radius 2 is 2.08 bits per heavy atom. The molecule has 1 aromatic carbocycles. The van der Waals surface area contributed by atoms with Crippen molar-refractivity contribution >= 4 is 34.6 Å². The molecule has 186 valence electrons. The number of ether oxygens (including phenoxy) is 1. The zero-order valence-electron chi connectivity index (χ0n) is 19.9. The van der Waals surface area contributed by atoms with E-state index in [1.54, 1.807) is 48.8 Å². The van der Waals surface area contributed by atoms with Crippen LogP contribution in [0.2, 0.25) is 0 Å². The van der Waals surface area contributed by atoms with Crippen LogP contribution in [-0.2, 0) is 16.1 Å². The fourth-order valence-corrected chi connectivity index (χ4v) is 4.34. The molecule has 8 nitrogen and oxygen atoms in total. The molecule has 37 heavy (non-hydrogen) atoms. The number of allylic oxidation sites excluding steroid dienone is 5. The summed E-state index contributed by atoms with van der Waals surface area (Å²) in [6.45, 7) is 7.44. The van der Waals surface area contributed by atoms with E-state index in [0.717, 1.165) is 11.0 Å². The van der Waals surface area contributed by atoms with Crippen LogP contribution in [0.1, 0.15) is 35.6 Å². The minimum absolute atomic E-state index is 0.0403. The zero-order chi connectivity index (χ0) is 26.4. The Kier molecular flexibility index (Phi) is 7.86. The third kappa shape index (κ3) is 5.63. The van der Waals surface area contributed by atoms with Gasteiger partial charge in [-0.1, -0.05) is 49.0 Å². The Morgan fingerprint density at radius 1 is 1.24 bits per heavy atom. The molecular formula is C28H24ClN5O3. The number of esters is 1. The molecule has 2 aromatic heterocycles. The van der Waals surface area contributed by atoms with E-state index in [2.05, 4.69) is 39.8 Å². The van der Waals surface area contributed by atoms with Crippen LogP contribution >= 0.6 is 11.6 Å². The van der Waals surface area contributed by atoms with Crippen LogP contribution < -0.4 is 10.6 Å². The fraction of sp³-hybridized carbons (Fsp3) is 0.143. The van der Waals surface area contributed by atoms with Gasteiger partial charge >= 0.3 is 12.0 Å². The van der Waals surface area contributed by atoms with Crippen LogP contribution in [0.15, 0.2) is 96.0 Å². The highest BCUT2D eigenvalue weighted by atomic mass is 35.5. The molecule has 1 unspecified atom stereocenters. The number of fused-ring (bicyclic) bond motifs is 1. The number of halogens is 1. The van der Waals surface area contributed by atoms with Crippen LogP contribution in [0.25, 0.3) is 11.0 Å². The summed E-state index contributed by atoms with van der Waals surface area (Å²) in [6.07, 6.45) is 7.22. The molecule has 1 aliphatic heterocycles. The van der Waals surface area contributed by atoms with Crippen LogP contribution in [0.3, 0.4) is 0 Å². The van der Waals surface area contributed by atoms with Crippen molar-refractivity contribution < 1.29 is 14.3 Å². The standard InChI is InChI=1S/C28H24ClN5O3/c1-3-19(22(29)4-2)10-11-23-24(27(35)37-16-18-8-5-7-17(13-18)14-30)25(34-28(36)33-23)21-15-32-26-20(21)9-6-12-31-26/h3-9,12-13,15,25H,1-2,10-11,16H2,(H,31,32)(H2,33,34,36)/b22-19-. The number of urea groups is 1. The lowest BCUT2D eigenvalue weighted by Gasteiger charge is -2.29. The van der Waals surface area contributed by atoms with Crippen molar-refractivity contribution in [2.75, 3.05) is 0 Å². The monoisotopic (exact) mass is 513 g/mol. The van der Waals surface area contributed by atoms with Gasteiger partial charge in [-0.2, -0.15) is 5.26 Å². The molecule has 3 heterocycles. The number of carbonyl (C=O) groups excluding carboxylic acids is 2. The van der Waals surface area contributed by atoms with Gasteiger partial charge in [0.2, 0.25) is 0 Å². The van der Waals surface area contributed by atoms with Gasteiger partial charge in [-0.15, -0.1) is 0 Å². The molecule has 3 aromatic rings. The van der Waals surface area contributed by atoms with Crippen molar-refractivity contribution in [3.63, 3.8) is 0 Å². The molecule has 2 amide bonds. The molecule has 0 bridgehead atoms. The third-order valence-corrected chi connectivity index (χ3v) is 6.37. The van der Waals surface area contributed by atoms with Crippen molar-refractivity contribution in [2.45, 2.75) is 25.5 Å². The van der Waals surface area contributed by atoms with E-state index in [1.807, 2.05) is 6.07 Å². The predicted molar refractivity (Wildman–Crippen MR) is 141 cm³/mol. The highest BCUT2D eigenvalue weighted by Gasteiger charge is 2.35. The molecule has 1 atom stereocenters. The molecule has 1 aliphatic rings. The van der Waals surface area contributed by atoms with E-state index in [-0.39, 0.29) is 12.2 Å². The second kappa shape index (κ2) is 11.4. The van der Waals surface area contributed by atoms with E-state index in [1.165, 1.54) is 6.08 Å². The minimum Gasteiger partial charge on any atom is -0.457 e. The molecular weight excluding hydrogens is 490 g/mol. The molecule has 4 rings (SSSR count). The average molecular weight is 514 g/mol. The van der Waals surface area contributed by atoms with Gasteiger partial charge in [0.15, 0.2) is 0 Å². The first-order valence-electron chi connectivity index (χ1n) is 11.5. The summed E-state index contributed by atoms with van der Waals surface area (Å²) in [5, 5.41) is 16.0. The summed E-state index contributed by atoms with van der Waals surface area (Å²) in [5.41, 5.74) is 3.84. The van der Waals surface area contributed by atoms with Gasteiger partial charge in [-0.3, -0.25) is 0 Å². The maximum absolute atomic E-state index is 13.6. The number of hydrogen-bond donors (Lipinski definition) is 3. The van der Waals surface area contributed by atoms with Gasteiger partial charge in [-0.05, 0) is 48.2 Å². The number of pyridine rings is 1. The number of aromatic nitrogens is 2. The normalized spacial score (nSPS) is 15.8. The second-order valence-corrected chi connectivity index (χ2v) is 8.64. The summed E-state index contributed by atoms with van der Waals surface area (Å²) in [6, 6.07) is 11.3. The van der Waals surface area contributed by atoms with Gasteiger partial charge in [-0.25, -0.2) is 14.6 Å². The molecule has 0 saturated carbocycles. The number of nitrogens with one attached hydrogen (secondary N) is 3. The van der Waals surface area contributed by atoms with Crippen LogP contribution in [-0.4, -0.2) is 22.0 Å². The fourth-order valence-electron chi connectivity index (χ4n) is 4.17. The van der Waals surface area contributed by atoms with E-state index in [9.17, 15) is 9.59 Å². The topological polar surface area (TPSA) is 120 Å². The summed E-state index contributed by atoms with van der Waals surface area (Å²) in [5.74, 6) is -0.605. The Morgan fingerprint density at radius 3 is 2.84 bits per heavy atom. The lowest BCUT2D eigenvalue weighted by atomic mass is 9.93. The number of rotatable bonds is 9. The lowest BCUT2D eigenvalue weighted by molar-refractivity contribution is -0.140. The second-order valence-electron chi connectivity index (χ2n) is 8.24. The van der Waals surface area contributed by atoms with Gasteiger partial charge in [0.25, 0.3) is 0 Å². The number of amides is 2. The van der Waals surface area contributed by atoms with Crippen molar-refractivity contribution in [2.24, 2.45) is 0 Å². The molecule has 3 N–H and O–H groups in total. The third-order valence-electron chi connectivity index (χ3n) is 5.97. The number of H-pyrrole nitrogens is 1. The highest BCUT2D eigenvalue weighted by Crippen LogP contribution is 2.34. The maximum Gasteiger partial charge on any atom is 0.338 e. The van der Waals surface area contributed by atoms with E-state index < -0.39 is 18.0 Å². The van der Waals surface area contributed by atoms with E-state index in [4.69, 9.17) is 21.6 Å². The van der Waals surface area contributed by atoms with Gasteiger partial charge in [0.05, 0.1) is 23.2 Å². The largest absolute Gasteiger partial charge is 0.457 e. The molecule has 0 aliphatic carbocycles. The lowest BCUT2D eigenvalue weighted by Crippen LogP contribution is -2.46. The van der Waals surface area contributed by atoms with Crippen LogP contribution in [0.5, 0.6) is 0 Å². The van der Waals surface area contributed by atoms with Gasteiger partial charge in [0.1, 0.15) is 12.3 Å². The van der Waals surface area contributed by atoms with Crippen molar-refractivity contribution in [1.29, 1.82) is 5.26 Å². The zero-order valence-corrected chi connectivity index (χ0v) is 20.6. The summed E-state index contributed by atoms with van der Waals surface area (Å²) in [4.78, 5) is 33.7. The Hall–Kier alpha value is -4.61. The Labute approximate surface area is 219 Å². The number of aromatic amines is 1. The number of benzene rings is 1. The smallest absolute Gasteiger partial charge is 0.338 e. The molecule has 0 saturated heterocycles. The van der Waals surface area contributed by atoms with Crippen molar-refractivity contribution in [3.8, 4) is 6.07 Å². The van der Waals surface area contributed by atoms with Crippen LogP contribution in [0.4, 0.5) is 4.79 Å². The first-order valence-corrected chi connectivity index (χ1v) is 11.8. The summed E-state index contributed by atoms with van der Waals surface area (Å²) in [7, 11) is 0. The molecule has 0 spiro atoms. The van der Waals surface area contributed by atoms with Gasteiger partial charge < -0.3 is 20.4 Å². The van der Waals surface area contributed by atoms with E-state index in [0.29, 0.717) is 45.9 Å². The molecule has 0 radical (unpaired) electrons. The quantitative estimate of drug-likeness (QED) is 0.260. The minimum atomic E-state index is -0.786. The summed E-state index contributed by atoms with van der Waals surface area (Å²) < 4.78 is 5.68. The average Bonchev–Trinajstić information content (AvgIpc) is 3.35. The molecule has 9 heteroatoms. The number of nitriles is 1. The first-order chi connectivity index (χ1) is 17.9. The van der Waals surface area contributed by atoms with E-state index >= 15 is 0 Å². The Balaban J connectivity index is 1.73. The molecule has 0 fully saturated rings. The highest BCUT2D eigenvalue weighted by molar-refractivity contribution is 6.31. The van der Waals surface area contributed by atoms with Crippen molar-refractivity contribution in [1.82, 2.24) is 20.6 Å². The van der Waals surface area contributed by atoms with Crippen molar-refractivity contribution in [3.05, 3.63) is 113 Å². The predicted octanol–water partition coefficient (Wildman–Crippen LogP) is 5.43.